The van der Waals surface area contributed by atoms with Crippen molar-refractivity contribution in [2.45, 2.75) is 39.5 Å². The van der Waals surface area contributed by atoms with Crippen molar-refractivity contribution in [3.63, 3.8) is 0 Å². The van der Waals surface area contributed by atoms with Crippen LogP contribution in [0.3, 0.4) is 0 Å². The van der Waals surface area contributed by atoms with Gasteiger partial charge in [0.2, 0.25) is 0 Å². The Hall–Kier alpha value is -0.400. The summed E-state index contributed by atoms with van der Waals surface area (Å²) in [6.07, 6.45) is 4.85. The highest BCUT2D eigenvalue weighted by Gasteiger charge is 2.07. The first-order chi connectivity index (χ1) is 8.19. The van der Waals surface area contributed by atoms with E-state index in [4.69, 9.17) is 23.2 Å². The van der Waals surface area contributed by atoms with E-state index in [1.807, 2.05) is 12.1 Å². The molecule has 0 saturated heterocycles. The fourth-order valence-corrected chi connectivity index (χ4v) is 2.04. The fourth-order valence-electron chi connectivity index (χ4n) is 1.75. The van der Waals surface area contributed by atoms with Crippen molar-refractivity contribution >= 4 is 28.9 Å². The lowest BCUT2D eigenvalue weighted by Gasteiger charge is -2.25. The van der Waals surface area contributed by atoms with Crippen molar-refractivity contribution in [3.8, 4) is 0 Å². The lowest BCUT2D eigenvalue weighted by molar-refractivity contribution is 0.678. The third-order valence-electron chi connectivity index (χ3n) is 2.83. The minimum atomic E-state index is 0.626. The fraction of sp³-hybridized carbons (Fsp3) is 0.571. The Morgan fingerprint density at radius 1 is 0.941 bits per heavy atom. The van der Waals surface area contributed by atoms with Crippen molar-refractivity contribution in [2.75, 3.05) is 18.0 Å². The Kier molecular flexibility index (Phi) is 6.76. The molecule has 0 spiro atoms. The molecule has 0 amide bonds. The molecule has 0 heterocycles. The van der Waals surface area contributed by atoms with Gasteiger partial charge in [-0.15, -0.1) is 0 Å². The average Bonchev–Trinajstić information content (AvgIpc) is 2.33. The number of benzene rings is 1. The molecule has 0 unspecified atom stereocenters. The molecule has 1 aromatic rings. The van der Waals surface area contributed by atoms with E-state index in [1.54, 1.807) is 0 Å². The molecule has 0 fully saturated rings. The summed E-state index contributed by atoms with van der Waals surface area (Å²) in [5, 5.41) is 1.27. The Morgan fingerprint density at radius 3 is 2.00 bits per heavy atom. The molecule has 0 saturated carbocycles. The maximum Gasteiger partial charge on any atom is 0.0612 e. The van der Waals surface area contributed by atoms with Crippen molar-refractivity contribution in [3.05, 3.63) is 28.2 Å². The van der Waals surface area contributed by atoms with Gasteiger partial charge in [0.1, 0.15) is 0 Å². The molecule has 0 aromatic heterocycles. The molecule has 0 bridgehead atoms. The Balaban J connectivity index is 2.75. The largest absolute Gasteiger partial charge is 0.371 e. The third kappa shape index (κ3) is 4.77. The number of rotatable bonds is 7. The highest BCUT2D eigenvalue weighted by Crippen LogP contribution is 2.27. The van der Waals surface area contributed by atoms with Gasteiger partial charge in [-0.25, -0.2) is 0 Å². The van der Waals surface area contributed by atoms with Crippen LogP contribution in [0.1, 0.15) is 39.5 Å². The predicted octanol–water partition coefficient (Wildman–Crippen LogP) is 5.40. The smallest absolute Gasteiger partial charge is 0.0612 e. The quantitative estimate of drug-likeness (QED) is 0.643. The summed E-state index contributed by atoms with van der Waals surface area (Å²) in [5.74, 6) is 0. The van der Waals surface area contributed by atoms with Crippen molar-refractivity contribution in [1.29, 1.82) is 0 Å². The molecule has 0 radical (unpaired) electrons. The maximum atomic E-state index is 6.07. The van der Waals surface area contributed by atoms with Crippen LogP contribution in [0.5, 0.6) is 0 Å². The van der Waals surface area contributed by atoms with Crippen LogP contribution in [0.15, 0.2) is 18.2 Å². The standard InChI is InChI=1S/C14H21Cl2N/c1-3-5-9-17(10-6-4-2)12-7-8-13(15)14(16)11-12/h7-8,11H,3-6,9-10H2,1-2H3. The van der Waals surface area contributed by atoms with E-state index >= 15 is 0 Å². The molecule has 3 heteroatoms. The van der Waals surface area contributed by atoms with Crippen molar-refractivity contribution in [1.82, 2.24) is 0 Å². The number of anilines is 1. The normalized spacial score (nSPS) is 10.6. The first-order valence-electron chi connectivity index (χ1n) is 6.39. The summed E-state index contributed by atoms with van der Waals surface area (Å²) in [4.78, 5) is 2.40. The van der Waals surface area contributed by atoms with Gasteiger partial charge >= 0.3 is 0 Å². The summed E-state index contributed by atoms with van der Waals surface area (Å²) >= 11 is 12.0. The Labute approximate surface area is 115 Å². The molecule has 0 N–H and O–H groups in total. The number of hydrogen-bond acceptors (Lipinski definition) is 1. The predicted molar refractivity (Wildman–Crippen MR) is 78.5 cm³/mol. The van der Waals surface area contributed by atoms with E-state index in [1.165, 1.54) is 31.4 Å². The monoisotopic (exact) mass is 273 g/mol. The van der Waals surface area contributed by atoms with E-state index in [-0.39, 0.29) is 0 Å². The van der Waals surface area contributed by atoms with E-state index in [0.717, 1.165) is 13.1 Å². The molecular formula is C14H21Cl2N. The summed E-state index contributed by atoms with van der Waals surface area (Å²) in [5.41, 5.74) is 1.18. The van der Waals surface area contributed by atoms with Crippen LogP contribution >= 0.6 is 23.2 Å². The zero-order valence-corrected chi connectivity index (χ0v) is 12.2. The lowest BCUT2D eigenvalue weighted by Crippen LogP contribution is -2.25. The summed E-state index contributed by atoms with van der Waals surface area (Å²) in [6, 6.07) is 5.90. The van der Waals surface area contributed by atoms with E-state index in [2.05, 4.69) is 24.8 Å². The topological polar surface area (TPSA) is 3.24 Å². The van der Waals surface area contributed by atoms with E-state index < -0.39 is 0 Å². The number of nitrogens with zero attached hydrogens (tertiary/aromatic N) is 1. The molecule has 1 aromatic carbocycles. The molecule has 0 aliphatic carbocycles. The molecular weight excluding hydrogens is 253 g/mol. The lowest BCUT2D eigenvalue weighted by atomic mass is 10.2. The van der Waals surface area contributed by atoms with Crippen LogP contribution < -0.4 is 4.90 Å². The van der Waals surface area contributed by atoms with Gasteiger partial charge in [-0.2, -0.15) is 0 Å². The minimum Gasteiger partial charge on any atom is -0.371 e. The second kappa shape index (κ2) is 7.84. The minimum absolute atomic E-state index is 0.626. The van der Waals surface area contributed by atoms with Crippen LogP contribution in [0.25, 0.3) is 0 Å². The molecule has 1 nitrogen and oxygen atoms in total. The van der Waals surface area contributed by atoms with Crippen molar-refractivity contribution in [2.24, 2.45) is 0 Å². The SMILES string of the molecule is CCCCN(CCCC)c1ccc(Cl)c(Cl)c1. The number of halogens is 2. The zero-order valence-electron chi connectivity index (χ0n) is 10.7. The van der Waals surface area contributed by atoms with Gasteiger partial charge in [0.15, 0.2) is 0 Å². The number of unbranched alkanes of at least 4 members (excludes halogenated alkanes) is 2. The molecule has 0 atom stereocenters. The summed E-state index contributed by atoms with van der Waals surface area (Å²) < 4.78 is 0. The second-order valence-electron chi connectivity index (χ2n) is 4.29. The summed E-state index contributed by atoms with van der Waals surface area (Å²) in [6.45, 7) is 6.61. The van der Waals surface area contributed by atoms with Crippen LogP contribution in [-0.2, 0) is 0 Å². The second-order valence-corrected chi connectivity index (χ2v) is 5.11. The first kappa shape index (κ1) is 14.7. The first-order valence-corrected chi connectivity index (χ1v) is 7.14. The van der Waals surface area contributed by atoms with Crippen LogP contribution in [0.4, 0.5) is 5.69 Å². The molecule has 1 rings (SSSR count). The Morgan fingerprint density at radius 2 is 1.53 bits per heavy atom. The van der Waals surface area contributed by atoms with Crippen LogP contribution in [0.2, 0.25) is 10.0 Å². The average molecular weight is 274 g/mol. The zero-order chi connectivity index (χ0) is 12.7. The van der Waals surface area contributed by atoms with Gasteiger partial charge in [0.25, 0.3) is 0 Å². The van der Waals surface area contributed by atoms with Gasteiger partial charge in [0.05, 0.1) is 10.0 Å². The van der Waals surface area contributed by atoms with Gasteiger partial charge in [0, 0.05) is 18.8 Å². The molecule has 96 valence electrons. The van der Waals surface area contributed by atoms with E-state index in [9.17, 15) is 0 Å². The Bertz CT molecular complexity index is 331. The number of hydrogen-bond donors (Lipinski definition) is 0. The molecule has 0 aliphatic heterocycles. The highest BCUT2D eigenvalue weighted by atomic mass is 35.5. The van der Waals surface area contributed by atoms with Gasteiger partial charge in [-0.1, -0.05) is 49.9 Å². The summed E-state index contributed by atoms with van der Waals surface area (Å²) in [7, 11) is 0. The van der Waals surface area contributed by atoms with Gasteiger partial charge in [-0.05, 0) is 31.0 Å². The maximum absolute atomic E-state index is 6.07. The van der Waals surface area contributed by atoms with Gasteiger partial charge in [-0.3, -0.25) is 0 Å². The van der Waals surface area contributed by atoms with Crippen molar-refractivity contribution < 1.29 is 0 Å². The van der Waals surface area contributed by atoms with Crippen LogP contribution in [0, 0.1) is 0 Å². The molecule has 0 aliphatic rings. The van der Waals surface area contributed by atoms with Gasteiger partial charge < -0.3 is 4.90 Å². The highest BCUT2D eigenvalue weighted by molar-refractivity contribution is 6.42. The third-order valence-corrected chi connectivity index (χ3v) is 3.57. The molecule has 17 heavy (non-hydrogen) atoms. The van der Waals surface area contributed by atoms with E-state index in [0.29, 0.717) is 10.0 Å². The van der Waals surface area contributed by atoms with Crippen LogP contribution in [-0.4, -0.2) is 13.1 Å².